The van der Waals surface area contributed by atoms with E-state index in [1.165, 1.54) is 44.9 Å². The lowest BCUT2D eigenvalue weighted by atomic mass is 10.1. The normalized spacial score (nSPS) is 11.9. The summed E-state index contributed by atoms with van der Waals surface area (Å²) in [6.45, 7) is 4.92. The first-order valence-corrected chi connectivity index (χ1v) is 11.1. The van der Waals surface area contributed by atoms with Crippen LogP contribution in [0.25, 0.3) is 0 Å². The van der Waals surface area contributed by atoms with Crippen molar-refractivity contribution in [3.8, 4) is 0 Å². The van der Waals surface area contributed by atoms with Crippen LogP contribution in [0.5, 0.6) is 0 Å². The van der Waals surface area contributed by atoms with E-state index in [9.17, 15) is 9.59 Å². The van der Waals surface area contributed by atoms with Crippen LogP contribution in [0.3, 0.4) is 0 Å². The average molecular weight is 394 g/mol. The Labute approximate surface area is 170 Å². The molecular formula is C22H39N3O3. The molecule has 6 heteroatoms. The number of unbranched alkanes of at least 4 members (excludes halogenated alkanes) is 8. The van der Waals surface area contributed by atoms with Crippen molar-refractivity contribution in [2.24, 2.45) is 0 Å². The predicted molar refractivity (Wildman–Crippen MR) is 112 cm³/mol. The summed E-state index contributed by atoms with van der Waals surface area (Å²) in [4.78, 5) is 27.9. The van der Waals surface area contributed by atoms with Crippen molar-refractivity contribution in [2.75, 3.05) is 6.61 Å². The molecular weight excluding hydrogens is 354 g/mol. The molecule has 160 valence electrons. The van der Waals surface area contributed by atoms with Crippen LogP contribution >= 0.6 is 0 Å². The Kier molecular flexibility index (Phi) is 13.9. The van der Waals surface area contributed by atoms with Crippen molar-refractivity contribution >= 4 is 11.9 Å². The summed E-state index contributed by atoms with van der Waals surface area (Å²) in [7, 11) is 0. The first-order chi connectivity index (χ1) is 13.7. The number of esters is 1. The van der Waals surface area contributed by atoms with Crippen LogP contribution in [0.1, 0.15) is 90.9 Å². The minimum absolute atomic E-state index is 0.0274. The second-order valence-corrected chi connectivity index (χ2v) is 7.54. The Morgan fingerprint density at radius 1 is 0.964 bits per heavy atom. The highest BCUT2D eigenvalue weighted by Crippen LogP contribution is 2.10. The lowest BCUT2D eigenvalue weighted by molar-refractivity contribution is -0.145. The minimum atomic E-state index is -0.235. The summed E-state index contributed by atoms with van der Waals surface area (Å²) in [6, 6.07) is -0.235. The molecule has 1 rings (SSSR count). The zero-order chi connectivity index (χ0) is 20.5. The Hall–Kier alpha value is -1.85. The number of hydrogen-bond donors (Lipinski definition) is 1. The van der Waals surface area contributed by atoms with E-state index in [1.54, 1.807) is 12.5 Å². The first kappa shape index (κ1) is 24.2. The van der Waals surface area contributed by atoms with Crippen LogP contribution in [0, 0.1) is 0 Å². The Balaban J connectivity index is 2.23. The number of imidazole rings is 1. The maximum Gasteiger partial charge on any atom is 0.305 e. The van der Waals surface area contributed by atoms with Crippen molar-refractivity contribution in [3.05, 3.63) is 18.7 Å². The molecule has 0 bridgehead atoms. The van der Waals surface area contributed by atoms with Gasteiger partial charge in [0.2, 0.25) is 5.91 Å². The van der Waals surface area contributed by atoms with Gasteiger partial charge in [0.05, 0.1) is 12.4 Å². The highest BCUT2D eigenvalue weighted by molar-refractivity contribution is 5.76. The monoisotopic (exact) mass is 393 g/mol. The molecule has 0 spiro atoms. The third kappa shape index (κ3) is 12.5. The van der Waals surface area contributed by atoms with Crippen LogP contribution in [-0.4, -0.2) is 34.1 Å². The zero-order valence-corrected chi connectivity index (χ0v) is 17.8. The zero-order valence-electron chi connectivity index (χ0n) is 17.8. The number of aromatic nitrogens is 2. The molecule has 1 aromatic heterocycles. The smallest absolute Gasteiger partial charge is 0.305 e. The van der Waals surface area contributed by atoms with Gasteiger partial charge in [-0.25, -0.2) is 4.98 Å². The van der Waals surface area contributed by atoms with Crippen LogP contribution < -0.4 is 5.32 Å². The molecule has 1 heterocycles. The van der Waals surface area contributed by atoms with Gasteiger partial charge in [-0.15, -0.1) is 0 Å². The van der Waals surface area contributed by atoms with Crippen molar-refractivity contribution in [1.82, 2.24) is 14.9 Å². The molecule has 0 radical (unpaired) electrons. The molecule has 0 saturated heterocycles. The summed E-state index contributed by atoms with van der Waals surface area (Å²) in [5, 5.41) is 3.01. The third-order valence-corrected chi connectivity index (χ3v) is 4.76. The SMILES string of the molecule is CCCCCCCCCCCC(=O)N[C@@H](COC(=O)CCC)Cn1ccnc1. The summed E-state index contributed by atoms with van der Waals surface area (Å²) in [6.07, 6.45) is 18.0. The van der Waals surface area contributed by atoms with Crippen LogP contribution in [0.2, 0.25) is 0 Å². The Bertz CT molecular complexity index is 517. The molecule has 28 heavy (non-hydrogen) atoms. The van der Waals surface area contributed by atoms with E-state index < -0.39 is 0 Å². The van der Waals surface area contributed by atoms with Crippen LogP contribution in [0.15, 0.2) is 18.7 Å². The Morgan fingerprint density at radius 2 is 1.64 bits per heavy atom. The van der Waals surface area contributed by atoms with Crippen molar-refractivity contribution in [1.29, 1.82) is 0 Å². The van der Waals surface area contributed by atoms with Gasteiger partial charge in [-0.2, -0.15) is 0 Å². The quantitative estimate of drug-likeness (QED) is 0.309. The fraction of sp³-hybridized carbons (Fsp3) is 0.773. The molecule has 1 N–H and O–H groups in total. The molecule has 0 aliphatic rings. The van der Waals surface area contributed by atoms with Crippen molar-refractivity contribution in [2.45, 2.75) is 103 Å². The first-order valence-electron chi connectivity index (χ1n) is 11.1. The highest BCUT2D eigenvalue weighted by atomic mass is 16.5. The molecule has 0 aliphatic heterocycles. The molecule has 0 fully saturated rings. The molecule has 0 aromatic carbocycles. The second-order valence-electron chi connectivity index (χ2n) is 7.54. The summed E-state index contributed by atoms with van der Waals surface area (Å²) in [5.41, 5.74) is 0. The number of carbonyl (C=O) groups is 2. The summed E-state index contributed by atoms with van der Waals surface area (Å²) in [5.74, 6) is -0.189. The molecule has 6 nitrogen and oxygen atoms in total. The minimum Gasteiger partial charge on any atom is -0.463 e. The van der Waals surface area contributed by atoms with Gasteiger partial charge >= 0.3 is 5.97 Å². The van der Waals surface area contributed by atoms with Gasteiger partial charge in [0, 0.05) is 31.8 Å². The van der Waals surface area contributed by atoms with Crippen LogP contribution in [-0.2, 0) is 20.9 Å². The number of amides is 1. The number of nitrogens with one attached hydrogen (secondary N) is 1. The van der Waals surface area contributed by atoms with Gasteiger partial charge in [0.1, 0.15) is 6.61 Å². The van der Waals surface area contributed by atoms with Gasteiger partial charge in [0.25, 0.3) is 0 Å². The number of rotatable bonds is 17. The van der Waals surface area contributed by atoms with E-state index >= 15 is 0 Å². The van der Waals surface area contributed by atoms with E-state index in [0.29, 0.717) is 19.4 Å². The van der Waals surface area contributed by atoms with E-state index in [4.69, 9.17) is 4.74 Å². The van der Waals surface area contributed by atoms with Gasteiger partial charge in [-0.1, -0.05) is 65.2 Å². The van der Waals surface area contributed by atoms with Gasteiger partial charge in [-0.05, 0) is 12.8 Å². The molecule has 0 aliphatic carbocycles. The molecule has 0 saturated carbocycles. The fourth-order valence-electron chi connectivity index (χ4n) is 3.16. The summed E-state index contributed by atoms with van der Waals surface area (Å²) >= 11 is 0. The van der Waals surface area contributed by atoms with Gasteiger partial charge in [0.15, 0.2) is 0 Å². The highest BCUT2D eigenvalue weighted by Gasteiger charge is 2.15. The van der Waals surface area contributed by atoms with E-state index in [0.717, 1.165) is 19.3 Å². The topological polar surface area (TPSA) is 73.2 Å². The maximum absolute atomic E-state index is 12.3. The standard InChI is InChI=1S/C22H39N3O3/c1-3-5-6-7-8-9-10-11-12-14-21(26)24-20(17-25-16-15-23-19-25)18-28-22(27)13-4-2/h15-16,19-20H,3-14,17-18H2,1-2H3,(H,24,26)/t20-/m1/s1. The van der Waals surface area contributed by atoms with Crippen molar-refractivity contribution < 1.29 is 14.3 Å². The van der Waals surface area contributed by atoms with Gasteiger partial charge in [-0.3, -0.25) is 9.59 Å². The number of carbonyl (C=O) groups excluding carboxylic acids is 2. The average Bonchev–Trinajstić information content (AvgIpc) is 3.18. The lowest BCUT2D eigenvalue weighted by Crippen LogP contribution is -2.41. The van der Waals surface area contributed by atoms with E-state index in [2.05, 4.69) is 17.2 Å². The predicted octanol–water partition coefficient (Wildman–Crippen LogP) is 4.63. The summed E-state index contributed by atoms with van der Waals surface area (Å²) < 4.78 is 7.19. The molecule has 1 amide bonds. The van der Waals surface area contributed by atoms with E-state index in [1.807, 2.05) is 17.7 Å². The fourth-order valence-corrected chi connectivity index (χ4v) is 3.16. The van der Waals surface area contributed by atoms with Gasteiger partial charge < -0.3 is 14.6 Å². The van der Waals surface area contributed by atoms with E-state index in [-0.39, 0.29) is 24.5 Å². The lowest BCUT2D eigenvalue weighted by Gasteiger charge is -2.19. The number of ether oxygens (including phenoxy) is 1. The van der Waals surface area contributed by atoms with Crippen LogP contribution in [0.4, 0.5) is 0 Å². The Morgan fingerprint density at radius 3 is 2.25 bits per heavy atom. The third-order valence-electron chi connectivity index (χ3n) is 4.76. The second kappa shape index (κ2) is 16.1. The van der Waals surface area contributed by atoms with Crippen molar-refractivity contribution in [3.63, 3.8) is 0 Å². The number of nitrogens with zero attached hydrogens (tertiary/aromatic N) is 2. The number of hydrogen-bond acceptors (Lipinski definition) is 4. The molecule has 1 atom stereocenters. The largest absolute Gasteiger partial charge is 0.463 e. The molecule has 0 unspecified atom stereocenters. The molecule has 1 aromatic rings. The maximum atomic E-state index is 12.3.